The average molecular weight is 420 g/mol. The van der Waals surface area contributed by atoms with Crippen molar-refractivity contribution in [3.05, 3.63) is 75.8 Å². The number of aromatic nitrogens is 1. The molecule has 7 heteroatoms. The summed E-state index contributed by atoms with van der Waals surface area (Å²) in [6.07, 6.45) is 0. The molecule has 30 heavy (non-hydrogen) atoms. The number of hydrogen-bond acceptors (Lipinski definition) is 5. The molecule has 0 aliphatic carbocycles. The van der Waals surface area contributed by atoms with Crippen molar-refractivity contribution >= 4 is 29.1 Å². The summed E-state index contributed by atoms with van der Waals surface area (Å²) in [5, 5.41) is 5.68. The van der Waals surface area contributed by atoms with Crippen LogP contribution >= 0.6 is 11.3 Å². The Morgan fingerprint density at radius 1 is 1.07 bits per heavy atom. The molecular weight excluding hydrogens is 398 g/mol. The maximum absolute atomic E-state index is 12.6. The first-order valence-electron chi connectivity index (χ1n) is 9.67. The minimum atomic E-state index is -0.359. The molecular formula is C23H21N3O3S. The zero-order chi connectivity index (χ0) is 21.4. The number of amides is 3. The zero-order valence-electron chi connectivity index (χ0n) is 16.9. The molecule has 0 fully saturated rings. The molecule has 0 bridgehead atoms. The number of thiazole rings is 1. The molecule has 0 saturated carbocycles. The number of fused-ring (bicyclic) bond motifs is 1. The van der Waals surface area contributed by atoms with Crippen molar-refractivity contribution in [2.45, 2.75) is 33.4 Å². The largest absolute Gasteiger partial charge is 0.346 e. The molecule has 4 rings (SSSR count). The molecule has 152 valence electrons. The maximum Gasteiger partial charge on any atom is 0.261 e. The molecule has 0 radical (unpaired) electrons. The summed E-state index contributed by atoms with van der Waals surface area (Å²) in [6.45, 7) is 5.89. The fourth-order valence-corrected chi connectivity index (χ4v) is 4.38. The van der Waals surface area contributed by atoms with E-state index in [1.54, 1.807) is 26.0 Å². The van der Waals surface area contributed by atoms with Gasteiger partial charge in [-0.05, 0) is 44.5 Å². The van der Waals surface area contributed by atoms with Crippen LogP contribution in [0.25, 0.3) is 10.6 Å². The Hall–Kier alpha value is -3.32. The fraction of sp³-hybridized carbons (Fsp3) is 0.217. The number of hydrogen-bond donors (Lipinski definition) is 1. The van der Waals surface area contributed by atoms with E-state index in [-0.39, 0.29) is 35.9 Å². The summed E-state index contributed by atoms with van der Waals surface area (Å²) in [5.41, 5.74) is 3.95. The highest BCUT2D eigenvalue weighted by molar-refractivity contribution is 7.13. The van der Waals surface area contributed by atoms with Gasteiger partial charge in [0.1, 0.15) is 5.01 Å². The van der Waals surface area contributed by atoms with E-state index in [0.717, 1.165) is 21.8 Å². The highest BCUT2D eigenvalue weighted by Gasteiger charge is 2.37. The van der Waals surface area contributed by atoms with Gasteiger partial charge in [-0.25, -0.2) is 4.98 Å². The van der Waals surface area contributed by atoms with Gasteiger partial charge in [-0.2, -0.15) is 0 Å². The smallest absolute Gasteiger partial charge is 0.261 e. The SMILES string of the molecule is Cc1ccccc1-c1nc(CNC(=O)c2ccc3c(c2)C(=O)N(C(C)C)C3=O)cs1. The predicted molar refractivity (Wildman–Crippen MR) is 116 cm³/mol. The van der Waals surface area contributed by atoms with Crippen LogP contribution in [0.3, 0.4) is 0 Å². The second-order valence-electron chi connectivity index (χ2n) is 7.48. The lowest BCUT2D eigenvalue weighted by Crippen LogP contribution is -2.35. The molecule has 0 atom stereocenters. The van der Waals surface area contributed by atoms with Gasteiger partial charge in [-0.3, -0.25) is 19.3 Å². The minimum Gasteiger partial charge on any atom is -0.346 e. The number of nitrogens with zero attached hydrogens (tertiary/aromatic N) is 2. The van der Waals surface area contributed by atoms with Crippen LogP contribution in [0, 0.1) is 6.92 Å². The first-order valence-corrected chi connectivity index (χ1v) is 10.6. The van der Waals surface area contributed by atoms with Crippen molar-refractivity contribution < 1.29 is 14.4 Å². The van der Waals surface area contributed by atoms with Crippen LogP contribution < -0.4 is 5.32 Å². The van der Waals surface area contributed by atoms with Gasteiger partial charge >= 0.3 is 0 Å². The standard InChI is InChI=1S/C23H21N3O3S/c1-13(2)26-22(28)18-9-8-15(10-19(18)23(26)29)20(27)24-11-16-12-30-21(25-16)17-7-5-4-6-14(17)3/h4-10,12-13H,11H2,1-3H3,(H,24,27). The molecule has 3 amide bonds. The summed E-state index contributed by atoms with van der Waals surface area (Å²) in [6, 6.07) is 12.4. The molecule has 0 saturated heterocycles. The van der Waals surface area contributed by atoms with E-state index in [1.165, 1.54) is 22.3 Å². The van der Waals surface area contributed by atoms with Crippen molar-refractivity contribution in [2.24, 2.45) is 0 Å². The zero-order valence-corrected chi connectivity index (χ0v) is 17.7. The predicted octanol–water partition coefficient (Wildman–Crippen LogP) is 4.05. The molecule has 1 aromatic heterocycles. The number of imide groups is 1. The third kappa shape index (κ3) is 3.52. The van der Waals surface area contributed by atoms with Crippen LogP contribution in [0.15, 0.2) is 47.8 Å². The van der Waals surface area contributed by atoms with Crippen molar-refractivity contribution in [2.75, 3.05) is 0 Å². The lowest BCUT2D eigenvalue weighted by atomic mass is 10.1. The number of rotatable bonds is 5. The molecule has 0 unspecified atom stereocenters. The quantitative estimate of drug-likeness (QED) is 0.633. The molecule has 6 nitrogen and oxygen atoms in total. The van der Waals surface area contributed by atoms with E-state index in [1.807, 2.05) is 36.6 Å². The second-order valence-corrected chi connectivity index (χ2v) is 8.33. The first kappa shape index (κ1) is 20.0. The van der Waals surface area contributed by atoms with Crippen molar-refractivity contribution in [3.8, 4) is 10.6 Å². The minimum absolute atomic E-state index is 0.234. The monoisotopic (exact) mass is 419 g/mol. The molecule has 1 aliphatic rings. The molecule has 3 aromatic rings. The average Bonchev–Trinajstić information content (AvgIpc) is 3.29. The molecule has 2 heterocycles. The van der Waals surface area contributed by atoms with Gasteiger partial charge in [-0.1, -0.05) is 24.3 Å². The van der Waals surface area contributed by atoms with Gasteiger partial charge in [-0.15, -0.1) is 11.3 Å². The van der Waals surface area contributed by atoms with Crippen molar-refractivity contribution in [3.63, 3.8) is 0 Å². The van der Waals surface area contributed by atoms with Crippen LogP contribution in [0.4, 0.5) is 0 Å². The van der Waals surface area contributed by atoms with E-state index < -0.39 is 0 Å². The molecule has 0 spiro atoms. The van der Waals surface area contributed by atoms with Crippen LogP contribution in [-0.4, -0.2) is 33.6 Å². The number of benzene rings is 2. The number of aryl methyl sites for hydroxylation is 1. The van der Waals surface area contributed by atoms with Crippen molar-refractivity contribution in [1.29, 1.82) is 0 Å². The lowest BCUT2D eigenvalue weighted by Gasteiger charge is -2.17. The third-order valence-electron chi connectivity index (χ3n) is 5.05. The van der Waals surface area contributed by atoms with Crippen molar-refractivity contribution in [1.82, 2.24) is 15.2 Å². The Labute approximate surface area is 178 Å². The third-order valence-corrected chi connectivity index (χ3v) is 5.98. The Bertz CT molecular complexity index is 1170. The molecule has 2 aromatic carbocycles. The van der Waals surface area contributed by atoms with E-state index in [0.29, 0.717) is 11.1 Å². The van der Waals surface area contributed by atoms with Crippen LogP contribution in [0.1, 0.15) is 56.2 Å². The summed E-state index contributed by atoms with van der Waals surface area (Å²) in [5.74, 6) is -0.989. The van der Waals surface area contributed by atoms with Crippen LogP contribution in [0.5, 0.6) is 0 Å². The van der Waals surface area contributed by atoms with E-state index >= 15 is 0 Å². The number of carbonyl (C=O) groups is 3. The van der Waals surface area contributed by atoms with Gasteiger partial charge in [0.15, 0.2) is 0 Å². The van der Waals surface area contributed by atoms with Gasteiger partial charge in [0.25, 0.3) is 17.7 Å². The maximum atomic E-state index is 12.6. The van der Waals surface area contributed by atoms with Gasteiger partial charge in [0.2, 0.25) is 0 Å². The summed E-state index contributed by atoms with van der Waals surface area (Å²) < 4.78 is 0. The molecule has 1 N–H and O–H groups in total. The van der Waals surface area contributed by atoms with Gasteiger partial charge in [0.05, 0.1) is 23.4 Å². The lowest BCUT2D eigenvalue weighted by molar-refractivity contribution is 0.0609. The summed E-state index contributed by atoms with van der Waals surface area (Å²) >= 11 is 1.53. The highest BCUT2D eigenvalue weighted by atomic mass is 32.1. The number of carbonyl (C=O) groups excluding carboxylic acids is 3. The summed E-state index contributed by atoms with van der Waals surface area (Å²) in [4.78, 5) is 43.4. The Balaban J connectivity index is 1.47. The van der Waals surface area contributed by atoms with Gasteiger partial charge < -0.3 is 5.32 Å². The molecule has 1 aliphatic heterocycles. The first-order chi connectivity index (χ1) is 14.4. The second kappa shape index (κ2) is 7.84. The van der Waals surface area contributed by atoms with E-state index in [2.05, 4.69) is 10.3 Å². The Kier molecular flexibility index (Phi) is 5.22. The topological polar surface area (TPSA) is 79.4 Å². The van der Waals surface area contributed by atoms with Gasteiger partial charge in [0, 0.05) is 22.5 Å². The Morgan fingerprint density at radius 3 is 2.53 bits per heavy atom. The van der Waals surface area contributed by atoms with E-state index in [9.17, 15) is 14.4 Å². The van der Waals surface area contributed by atoms with E-state index in [4.69, 9.17) is 0 Å². The highest BCUT2D eigenvalue weighted by Crippen LogP contribution is 2.27. The van der Waals surface area contributed by atoms with Crippen LogP contribution in [0.2, 0.25) is 0 Å². The Morgan fingerprint density at radius 2 is 1.80 bits per heavy atom. The number of nitrogens with one attached hydrogen (secondary N) is 1. The van der Waals surface area contributed by atoms with Crippen LogP contribution in [-0.2, 0) is 6.54 Å². The fourth-order valence-electron chi connectivity index (χ4n) is 3.47. The summed E-state index contributed by atoms with van der Waals surface area (Å²) in [7, 11) is 0. The normalized spacial score (nSPS) is 13.1.